The average Bonchev–Trinajstić information content (AvgIpc) is 2.25. The molecule has 0 aliphatic heterocycles. The lowest BCUT2D eigenvalue weighted by atomic mass is 9.67. The van der Waals surface area contributed by atoms with Gasteiger partial charge >= 0.3 is 0 Å². The minimum absolute atomic E-state index is 0.0173. The summed E-state index contributed by atoms with van der Waals surface area (Å²) in [6.45, 7) is 2.01. The van der Waals surface area contributed by atoms with Crippen LogP contribution >= 0.6 is 0 Å². The molecule has 0 radical (unpaired) electrons. The van der Waals surface area contributed by atoms with Crippen molar-refractivity contribution in [2.24, 2.45) is 16.8 Å². The molecule has 1 aliphatic carbocycles. The quantitative estimate of drug-likeness (QED) is 0.304. The van der Waals surface area contributed by atoms with E-state index in [0.717, 1.165) is 5.56 Å². The van der Waals surface area contributed by atoms with Gasteiger partial charge in [-0.1, -0.05) is 35.0 Å². The largest absolute Gasteiger partial charge is 0.409 e. The predicted molar refractivity (Wildman–Crippen MR) is 61.2 cm³/mol. The Morgan fingerprint density at radius 3 is 2.44 bits per heavy atom. The highest BCUT2D eigenvalue weighted by atomic mass is 16.4. The molecule has 1 aliphatic rings. The van der Waals surface area contributed by atoms with Crippen molar-refractivity contribution < 1.29 is 10.3 Å². The van der Waals surface area contributed by atoms with Crippen molar-refractivity contribution in [3.63, 3.8) is 0 Å². The first kappa shape index (κ1) is 11.0. The first-order valence-corrected chi connectivity index (χ1v) is 5.32. The number of oxime groups is 1. The van der Waals surface area contributed by atoms with Crippen LogP contribution in [-0.2, 0) is 5.60 Å². The molecule has 0 unspecified atom stereocenters. The molecule has 4 nitrogen and oxygen atoms in total. The Bertz CT molecular complexity index is 406. The molecule has 16 heavy (non-hydrogen) atoms. The summed E-state index contributed by atoms with van der Waals surface area (Å²) in [5, 5.41) is 21.8. The Morgan fingerprint density at radius 2 is 1.94 bits per heavy atom. The van der Waals surface area contributed by atoms with Crippen LogP contribution in [0.25, 0.3) is 0 Å². The second-order valence-corrected chi connectivity index (χ2v) is 4.53. The van der Waals surface area contributed by atoms with E-state index in [1.165, 1.54) is 5.56 Å². The fourth-order valence-electron chi connectivity index (χ4n) is 2.15. The Kier molecular flexibility index (Phi) is 2.59. The van der Waals surface area contributed by atoms with Crippen LogP contribution in [0, 0.1) is 12.8 Å². The van der Waals surface area contributed by atoms with Crippen LogP contribution < -0.4 is 5.73 Å². The van der Waals surface area contributed by atoms with Gasteiger partial charge in [-0.3, -0.25) is 0 Å². The summed E-state index contributed by atoms with van der Waals surface area (Å²) in [7, 11) is 0. The lowest BCUT2D eigenvalue weighted by Gasteiger charge is -2.43. The summed E-state index contributed by atoms with van der Waals surface area (Å²) >= 11 is 0. The van der Waals surface area contributed by atoms with Gasteiger partial charge in [-0.25, -0.2) is 0 Å². The lowest BCUT2D eigenvalue weighted by molar-refractivity contribution is -0.0602. The molecule has 1 fully saturated rings. The Morgan fingerprint density at radius 1 is 1.38 bits per heavy atom. The number of rotatable bonds is 2. The zero-order valence-electron chi connectivity index (χ0n) is 9.22. The Labute approximate surface area is 94.4 Å². The van der Waals surface area contributed by atoms with Crippen molar-refractivity contribution in [1.29, 1.82) is 0 Å². The third-order valence-electron chi connectivity index (χ3n) is 3.29. The van der Waals surface area contributed by atoms with Gasteiger partial charge in [-0.2, -0.15) is 0 Å². The van der Waals surface area contributed by atoms with Crippen molar-refractivity contribution in [3.05, 3.63) is 35.4 Å². The van der Waals surface area contributed by atoms with Gasteiger partial charge in [0, 0.05) is 5.92 Å². The summed E-state index contributed by atoms with van der Waals surface area (Å²) in [5.41, 5.74) is 6.75. The third-order valence-corrected chi connectivity index (χ3v) is 3.29. The van der Waals surface area contributed by atoms with E-state index in [1.54, 1.807) is 0 Å². The van der Waals surface area contributed by atoms with Crippen molar-refractivity contribution >= 4 is 5.84 Å². The summed E-state index contributed by atoms with van der Waals surface area (Å²) in [4.78, 5) is 0. The van der Waals surface area contributed by atoms with Crippen LogP contribution in [0.4, 0.5) is 0 Å². The predicted octanol–water partition coefficient (Wildman–Crippen LogP) is 1.34. The van der Waals surface area contributed by atoms with Gasteiger partial charge < -0.3 is 16.0 Å². The van der Waals surface area contributed by atoms with Gasteiger partial charge in [0.05, 0.1) is 5.60 Å². The number of nitrogens with zero attached hydrogens (tertiary/aromatic N) is 1. The molecule has 0 atom stereocenters. The maximum absolute atomic E-state index is 10.3. The number of hydrogen-bond donors (Lipinski definition) is 3. The SMILES string of the molecule is Cc1ccc(C2(O)CC(/C(N)=N/O)C2)cc1. The zero-order chi connectivity index (χ0) is 11.8. The molecule has 1 saturated carbocycles. The van der Waals surface area contributed by atoms with Gasteiger partial charge in [-0.05, 0) is 25.3 Å². The van der Waals surface area contributed by atoms with Crippen LogP contribution in [0.1, 0.15) is 24.0 Å². The van der Waals surface area contributed by atoms with Gasteiger partial charge in [0.25, 0.3) is 0 Å². The zero-order valence-corrected chi connectivity index (χ0v) is 9.22. The van der Waals surface area contributed by atoms with E-state index in [9.17, 15) is 5.11 Å². The van der Waals surface area contributed by atoms with Crippen molar-refractivity contribution in [1.82, 2.24) is 0 Å². The molecule has 0 saturated heterocycles. The summed E-state index contributed by atoms with van der Waals surface area (Å²) in [5.74, 6) is 0.188. The van der Waals surface area contributed by atoms with E-state index in [-0.39, 0.29) is 11.8 Å². The molecule has 0 heterocycles. The van der Waals surface area contributed by atoms with Crippen LogP contribution in [-0.4, -0.2) is 16.1 Å². The highest BCUT2D eigenvalue weighted by molar-refractivity contribution is 5.83. The minimum atomic E-state index is -0.812. The number of nitrogens with two attached hydrogens (primary N) is 1. The molecule has 0 aromatic heterocycles. The molecule has 0 amide bonds. The Hall–Kier alpha value is -1.55. The lowest BCUT2D eigenvalue weighted by Crippen LogP contribution is -2.46. The Balaban J connectivity index is 2.10. The maximum atomic E-state index is 10.3. The second-order valence-electron chi connectivity index (χ2n) is 4.53. The molecule has 0 spiro atoms. The van der Waals surface area contributed by atoms with E-state index in [2.05, 4.69) is 5.16 Å². The number of benzene rings is 1. The van der Waals surface area contributed by atoms with Crippen LogP contribution in [0.5, 0.6) is 0 Å². The molecule has 2 rings (SSSR count). The standard InChI is InChI=1S/C12H16N2O2/c1-8-2-4-10(5-3-8)12(15)6-9(7-12)11(13)14-16/h2-5,9,15-16H,6-7H2,1H3,(H2,13,14). The van der Waals surface area contributed by atoms with Crippen molar-refractivity contribution in [3.8, 4) is 0 Å². The maximum Gasteiger partial charge on any atom is 0.142 e. The van der Waals surface area contributed by atoms with E-state index in [0.29, 0.717) is 12.8 Å². The van der Waals surface area contributed by atoms with Crippen molar-refractivity contribution in [2.45, 2.75) is 25.4 Å². The fourth-order valence-corrected chi connectivity index (χ4v) is 2.15. The van der Waals surface area contributed by atoms with Crippen molar-refractivity contribution in [2.75, 3.05) is 0 Å². The number of aryl methyl sites for hydroxylation is 1. The highest BCUT2D eigenvalue weighted by Crippen LogP contribution is 2.45. The third kappa shape index (κ3) is 1.76. The van der Waals surface area contributed by atoms with E-state index < -0.39 is 5.60 Å². The minimum Gasteiger partial charge on any atom is -0.409 e. The van der Waals surface area contributed by atoms with Crippen LogP contribution in [0.15, 0.2) is 29.4 Å². The summed E-state index contributed by atoms with van der Waals surface area (Å²) < 4.78 is 0. The monoisotopic (exact) mass is 220 g/mol. The first-order chi connectivity index (χ1) is 7.55. The van der Waals surface area contributed by atoms with Gasteiger partial charge in [-0.15, -0.1) is 0 Å². The molecule has 4 heteroatoms. The molecular weight excluding hydrogens is 204 g/mol. The smallest absolute Gasteiger partial charge is 0.142 e. The van der Waals surface area contributed by atoms with Gasteiger partial charge in [0.15, 0.2) is 0 Å². The van der Waals surface area contributed by atoms with Gasteiger partial charge in [0.1, 0.15) is 5.84 Å². The van der Waals surface area contributed by atoms with E-state index >= 15 is 0 Å². The number of hydrogen-bond acceptors (Lipinski definition) is 3. The summed E-state index contributed by atoms with van der Waals surface area (Å²) in [6.07, 6.45) is 1.04. The second kappa shape index (κ2) is 3.79. The van der Waals surface area contributed by atoms with E-state index in [1.807, 2.05) is 31.2 Å². The molecule has 0 bridgehead atoms. The van der Waals surface area contributed by atoms with E-state index in [4.69, 9.17) is 10.9 Å². The highest BCUT2D eigenvalue weighted by Gasteiger charge is 2.45. The molecule has 1 aromatic carbocycles. The normalized spacial score (nSPS) is 29.9. The molecule has 1 aromatic rings. The molecule has 4 N–H and O–H groups in total. The summed E-state index contributed by atoms with van der Waals surface area (Å²) in [6, 6.07) is 7.81. The van der Waals surface area contributed by atoms with Crippen LogP contribution in [0.3, 0.4) is 0 Å². The number of amidine groups is 1. The number of aliphatic hydroxyl groups is 1. The van der Waals surface area contributed by atoms with Gasteiger partial charge in [0.2, 0.25) is 0 Å². The fraction of sp³-hybridized carbons (Fsp3) is 0.417. The molecular formula is C12H16N2O2. The molecule has 86 valence electrons. The van der Waals surface area contributed by atoms with Crippen LogP contribution in [0.2, 0.25) is 0 Å². The average molecular weight is 220 g/mol. The topological polar surface area (TPSA) is 78.8 Å². The first-order valence-electron chi connectivity index (χ1n) is 5.32.